The number of aromatic hydroxyl groups is 1. The molecule has 4 heteroatoms. The monoisotopic (exact) mass is 299 g/mol. The summed E-state index contributed by atoms with van der Waals surface area (Å²) in [5.74, 6) is 0.557. The van der Waals surface area contributed by atoms with Gasteiger partial charge in [0.2, 0.25) is 0 Å². The predicted octanol–water partition coefficient (Wildman–Crippen LogP) is 3.53. The Hall–Kier alpha value is -2.49. The van der Waals surface area contributed by atoms with E-state index in [2.05, 4.69) is 11.5 Å². The smallest absolute Gasteiger partial charge is 0.146 e. The van der Waals surface area contributed by atoms with Crippen LogP contribution in [-0.4, -0.2) is 24.3 Å². The molecular weight excluding hydrogens is 281 g/mol. The summed E-state index contributed by atoms with van der Waals surface area (Å²) in [6.07, 6.45) is 2.13. The number of fused-ring (bicyclic) bond motifs is 1. The molecule has 0 aliphatic carbocycles. The van der Waals surface area contributed by atoms with E-state index in [4.69, 9.17) is 4.74 Å². The first-order valence-corrected chi connectivity index (χ1v) is 7.26. The van der Waals surface area contributed by atoms with Crippen molar-refractivity contribution in [3.8, 4) is 11.5 Å². The third kappa shape index (κ3) is 2.91. The summed E-state index contributed by atoms with van der Waals surface area (Å²) in [6.45, 7) is 5.10. The molecule has 1 unspecified atom stereocenters. The zero-order valence-electron chi connectivity index (χ0n) is 12.2. The minimum Gasteiger partial charge on any atom is -0.508 e. The Kier molecular flexibility index (Phi) is 4.00. The first-order chi connectivity index (χ1) is 10.7. The molecule has 1 atom stereocenters. The van der Waals surface area contributed by atoms with Crippen molar-refractivity contribution in [1.29, 1.82) is 0 Å². The number of hydrogen-bond acceptors (Lipinski definition) is 3. The lowest BCUT2D eigenvalue weighted by Gasteiger charge is -2.36. The Labute approximate surface area is 129 Å². The van der Waals surface area contributed by atoms with Gasteiger partial charge in [-0.3, -0.25) is 0 Å². The van der Waals surface area contributed by atoms with Crippen molar-refractivity contribution >= 4 is 5.69 Å². The Balaban J connectivity index is 1.86. The van der Waals surface area contributed by atoms with Gasteiger partial charge in [-0.05, 0) is 23.8 Å². The molecule has 2 aromatic rings. The van der Waals surface area contributed by atoms with Gasteiger partial charge in [-0.2, -0.15) is 0 Å². The quantitative estimate of drug-likeness (QED) is 0.877. The van der Waals surface area contributed by atoms with Crippen LogP contribution in [0, 0.1) is 5.82 Å². The van der Waals surface area contributed by atoms with E-state index in [1.807, 2.05) is 18.2 Å². The molecule has 3 rings (SSSR count). The van der Waals surface area contributed by atoms with Crippen LogP contribution in [0.3, 0.4) is 0 Å². The van der Waals surface area contributed by atoms with Crippen molar-refractivity contribution in [3.63, 3.8) is 0 Å². The van der Waals surface area contributed by atoms with E-state index in [-0.39, 0.29) is 17.7 Å². The fourth-order valence-electron chi connectivity index (χ4n) is 2.76. The van der Waals surface area contributed by atoms with Gasteiger partial charge in [-0.15, -0.1) is 6.58 Å². The first kappa shape index (κ1) is 14.4. The zero-order valence-corrected chi connectivity index (χ0v) is 12.2. The molecule has 0 spiro atoms. The number of benzene rings is 2. The van der Waals surface area contributed by atoms with Gasteiger partial charge < -0.3 is 14.7 Å². The summed E-state index contributed by atoms with van der Waals surface area (Å²) >= 11 is 0. The normalized spacial score (nSPS) is 16.8. The molecule has 0 aromatic heterocycles. The third-order valence-corrected chi connectivity index (χ3v) is 3.76. The highest BCUT2D eigenvalue weighted by Gasteiger charge is 2.26. The number of rotatable bonds is 4. The molecule has 1 heterocycles. The van der Waals surface area contributed by atoms with Crippen molar-refractivity contribution in [1.82, 2.24) is 0 Å². The van der Waals surface area contributed by atoms with E-state index < -0.39 is 0 Å². The Morgan fingerprint density at radius 3 is 2.91 bits per heavy atom. The van der Waals surface area contributed by atoms with Crippen molar-refractivity contribution < 1.29 is 14.2 Å². The molecule has 22 heavy (non-hydrogen) atoms. The fraction of sp³-hybridized carbons (Fsp3) is 0.222. The Bertz CT molecular complexity index is 687. The van der Waals surface area contributed by atoms with Crippen LogP contribution in [0.25, 0.3) is 0 Å². The van der Waals surface area contributed by atoms with Gasteiger partial charge in [0.15, 0.2) is 0 Å². The maximum absolute atomic E-state index is 13.8. The van der Waals surface area contributed by atoms with E-state index in [0.29, 0.717) is 30.8 Å². The molecule has 1 aliphatic rings. The number of nitrogens with zero attached hydrogens (tertiary/aromatic N) is 1. The van der Waals surface area contributed by atoms with Gasteiger partial charge in [0.1, 0.15) is 23.4 Å². The van der Waals surface area contributed by atoms with Crippen LogP contribution in [0.1, 0.15) is 5.56 Å². The molecule has 0 fully saturated rings. The summed E-state index contributed by atoms with van der Waals surface area (Å²) in [7, 11) is 0. The van der Waals surface area contributed by atoms with E-state index in [1.54, 1.807) is 24.3 Å². The van der Waals surface area contributed by atoms with Crippen LogP contribution in [0.4, 0.5) is 10.1 Å². The van der Waals surface area contributed by atoms with Crippen LogP contribution in [0.15, 0.2) is 55.1 Å². The average molecular weight is 299 g/mol. The number of phenols is 1. The summed E-state index contributed by atoms with van der Waals surface area (Å²) < 4.78 is 19.8. The van der Waals surface area contributed by atoms with Crippen LogP contribution in [0.2, 0.25) is 0 Å². The van der Waals surface area contributed by atoms with Gasteiger partial charge in [0, 0.05) is 19.0 Å². The second-order valence-electron chi connectivity index (χ2n) is 5.38. The molecule has 0 saturated heterocycles. The molecule has 0 bridgehead atoms. The number of anilines is 1. The summed E-state index contributed by atoms with van der Waals surface area (Å²) in [5.41, 5.74) is 1.55. The average Bonchev–Trinajstić information content (AvgIpc) is 2.49. The standard InChI is InChI=1S/C18H18FNO2/c1-2-9-20-12-15(10-13-5-3-4-6-16(13)19)22-18-11-14(21)7-8-17(18)20/h2-8,11,15,21H,1,9-10,12H2. The lowest BCUT2D eigenvalue weighted by molar-refractivity contribution is 0.193. The van der Waals surface area contributed by atoms with Crippen molar-refractivity contribution in [2.75, 3.05) is 18.0 Å². The van der Waals surface area contributed by atoms with Crippen LogP contribution in [-0.2, 0) is 6.42 Å². The SMILES string of the molecule is C=CCN1CC(Cc2ccccc2F)Oc2cc(O)ccc21. The molecule has 2 aromatic carbocycles. The Morgan fingerprint density at radius 1 is 1.32 bits per heavy atom. The maximum Gasteiger partial charge on any atom is 0.146 e. The third-order valence-electron chi connectivity index (χ3n) is 3.76. The lowest BCUT2D eigenvalue weighted by Crippen LogP contribution is -2.41. The van der Waals surface area contributed by atoms with E-state index in [9.17, 15) is 9.50 Å². The molecule has 0 saturated carbocycles. The van der Waals surface area contributed by atoms with E-state index in [0.717, 1.165) is 5.69 Å². The molecule has 114 valence electrons. The highest BCUT2D eigenvalue weighted by Crippen LogP contribution is 2.36. The second kappa shape index (κ2) is 6.10. The van der Waals surface area contributed by atoms with Gasteiger partial charge >= 0.3 is 0 Å². The van der Waals surface area contributed by atoms with Crippen molar-refractivity contribution in [2.24, 2.45) is 0 Å². The second-order valence-corrected chi connectivity index (χ2v) is 5.38. The lowest BCUT2D eigenvalue weighted by atomic mass is 10.0. The van der Waals surface area contributed by atoms with Crippen LogP contribution in [0.5, 0.6) is 11.5 Å². The van der Waals surface area contributed by atoms with Gasteiger partial charge in [0.05, 0.1) is 12.2 Å². The number of phenolic OH excluding ortho intramolecular Hbond substituents is 1. The fourth-order valence-corrected chi connectivity index (χ4v) is 2.76. The number of ether oxygens (including phenoxy) is 1. The van der Waals surface area contributed by atoms with Gasteiger partial charge in [0.25, 0.3) is 0 Å². The topological polar surface area (TPSA) is 32.7 Å². The summed E-state index contributed by atoms with van der Waals surface area (Å²) in [6, 6.07) is 11.8. The first-order valence-electron chi connectivity index (χ1n) is 7.26. The van der Waals surface area contributed by atoms with E-state index >= 15 is 0 Å². The maximum atomic E-state index is 13.8. The Morgan fingerprint density at radius 2 is 2.14 bits per heavy atom. The predicted molar refractivity (Wildman–Crippen MR) is 85.0 cm³/mol. The highest BCUT2D eigenvalue weighted by atomic mass is 19.1. The highest BCUT2D eigenvalue weighted by molar-refractivity contribution is 5.62. The number of hydrogen-bond donors (Lipinski definition) is 1. The minimum absolute atomic E-state index is 0.156. The van der Waals surface area contributed by atoms with E-state index in [1.165, 1.54) is 6.07 Å². The van der Waals surface area contributed by atoms with Crippen LogP contribution >= 0.6 is 0 Å². The molecule has 3 nitrogen and oxygen atoms in total. The molecule has 0 amide bonds. The molecule has 0 radical (unpaired) electrons. The number of halogens is 1. The molecule has 1 aliphatic heterocycles. The largest absolute Gasteiger partial charge is 0.508 e. The summed E-state index contributed by atoms with van der Waals surface area (Å²) in [5, 5.41) is 9.65. The van der Waals surface area contributed by atoms with Gasteiger partial charge in [-0.1, -0.05) is 24.3 Å². The van der Waals surface area contributed by atoms with Crippen molar-refractivity contribution in [3.05, 3.63) is 66.5 Å². The van der Waals surface area contributed by atoms with Gasteiger partial charge in [-0.25, -0.2) is 4.39 Å². The van der Waals surface area contributed by atoms with Crippen molar-refractivity contribution in [2.45, 2.75) is 12.5 Å². The minimum atomic E-state index is -0.219. The molecule has 1 N–H and O–H groups in total. The molecular formula is C18H18FNO2. The van der Waals surface area contributed by atoms with Crippen LogP contribution < -0.4 is 9.64 Å². The summed E-state index contributed by atoms with van der Waals surface area (Å²) in [4.78, 5) is 2.12. The zero-order chi connectivity index (χ0) is 15.5.